The smallest absolute Gasteiger partial charge is 0.110 e. The molecule has 0 aliphatic carbocycles. The van der Waals surface area contributed by atoms with Gasteiger partial charge in [0.1, 0.15) is 5.82 Å². The van der Waals surface area contributed by atoms with E-state index in [1.165, 1.54) is 11.5 Å². The van der Waals surface area contributed by atoms with Gasteiger partial charge in [0.15, 0.2) is 0 Å². The molecule has 0 saturated heterocycles. The van der Waals surface area contributed by atoms with Crippen LogP contribution >= 0.6 is 11.5 Å². The van der Waals surface area contributed by atoms with E-state index in [0.29, 0.717) is 0 Å². The topological polar surface area (TPSA) is 69.6 Å². The summed E-state index contributed by atoms with van der Waals surface area (Å²) in [6.45, 7) is 3.01. The molecular weight excluding hydrogens is 210 g/mol. The summed E-state index contributed by atoms with van der Waals surface area (Å²) in [6.07, 6.45) is 6.21. The van der Waals surface area contributed by atoms with E-state index in [0.717, 1.165) is 23.7 Å². The Labute approximate surface area is 92.1 Å². The summed E-state index contributed by atoms with van der Waals surface area (Å²) in [5.74, 6) is 1.01. The van der Waals surface area contributed by atoms with Gasteiger partial charge in [0.2, 0.25) is 0 Å². The molecule has 0 saturated carbocycles. The predicted molar refractivity (Wildman–Crippen MR) is 58.4 cm³/mol. The van der Waals surface area contributed by atoms with Gasteiger partial charge in [-0.15, -0.1) is 5.10 Å². The molecule has 80 valence electrons. The van der Waals surface area contributed by atoms with E-state index in [2.05, 4.69) is 26.1 Å². The maximum Gasteiger partial charge on any atom is 0.110 e. The van der Waals surface area contributed by atoms with Gasteiger partial charge in [-0.1, -0.05) is 4.49 Å². The van der Waals surface area contributed by atoms with Crippen LogP contribution in [-0.2, 0) is 13.0 Å². The van der Waals surface area contributed by atoms with Gasteiger partial charge in [-0.2, -0.15) is 0 Å². The second-order valence-electron chi connectivity index (χ2n) is 3.26. The number of hydrogen-bond donors (Lipinski definition) is 1. The van der Waals surface area contributed by atoms with E-state index in [9.17, 15) is 0 Å². The molecule has 15 heavy (non-hydrogen) atoms. The van der Waals surface area contributed by atoms with Gasteiger partial charge in [-0.05, 0) is 18.5 Å². The molecule has 0 fully saturated rings. The molecule has 0 aliphatic heterocycles. The number of aromatic nitrogens is 4. The van der Waals surface area contributed by atoms with Crippen molar-refractivity contribution in [2.24, 2.45) is 5.73 Å². The van der Waals surface area contributed by atoms with Crippen molar-refractivity contribution < 1.29 is 0 Å². The normalized spacial score (nSPS) is 12.9. The number of nitrogens with two attached hydrogens (primary N) is 1. The van der Waals surface area contributed by atoms with Crippen LogP contribution in [-0.4, -0.2) is 19.1 Å². The lowest BCUT2D eigenvalue weighted by molar-refractivity contribution is 0.633. The van der Waals surface area contributed by atoms with Crippen molar-refractivity contribution >= 4 is 11.5 Å². The highest BCUT2D eigenvalue weighted by Gasteiger charge is 2.12. The van der Waals surface area contributed by atoms with Crippen LogP contribution in [0.5, 0.6) is 0 Å². The first kappa shape index (κ1) is 10.3. The Kier molecular flexibility index (Phi) is 3.08. The maximum absolute atomic E-state index is 6.03. The Bertz CT molecular complexity index is 408. The number of imidazole rings is 1. The van der Waals surface area contributed by atoms with Crippen molar-refractivity contribution in [1.82, 2.24) is 19.1 Å². The van der Waals surface area contributed by atoms with Gasteiger partial charge in [0, 0.05) is 31.4 Å². The number of aryl methyl sites for hydroxylation is 1. The molecule has 0 bridgehead atoms. The minimum atomic E-state index is -0.0577. The minimum Gasteiger partial charge on any atom is -0.335 e. The van der Waals surface area contributed by atoms with E-state index in [1.807, 2.05) is 6.20 Å². The van der Waals surface area contributed by atoms with Crippen molar-refractivity contribution in [3.05, 3.63) is 29.3 Å². The molecule has 2 aromatic rings. The lowest BCUT2D eigenvalue weighted by Gasteiger charge is -2.09. The third-order valence-electron chi connectivity index (χ3n) is 2.29. The molecule has 2 rings (SSSR count). The summed E-state index contributed by atoms with van der Waals surface area (Å²) in [4.78, 5) is 5.28. The molecule has 6 heteroatoms. The minimum absolute atomic E-state index is 0.0577. The van der Waals surface area contributed by atoms with Gasteiger partial charge in [-0.3, -0.25) is 0 Å². The SMILES string of the molecule is CCn1ccnc1CC(N)c1cnns1. The standard InChI is InChI=1S/C9H13N5S/c1-2-14-4-3-11-9(14)5-7(10)8-6-12-13-15-8/h3-4,6-7H,2,5,10H2,1H3. The summed E-state index contributed by atoms with van der Waals surface area (Å²) >= 11 is 1.34. The van der Waals surface area contributed by atoms with Crippen molar-refractivity contribution in [3.8, 4) is 0 Å². The average Bonchev–Trinajstić information content (AvgIpc) is 2.87. The van der Waals surface area contributed by atoms with Crippen LogP contribution in [0.15, 0.2) is 18.6 Å². The Morgan fingerprint density at radius 3 is 3.13 bits per heavy atom. The Morgan fingerprint density at radius 1 is 1.60 bits per heavy atom. The largest absolute Gasteiger partial charge is 0.335 e. The van der Waals surface area contributed by atoms with E-state index in [1.54, 1.807) is 12.4 Å². The Morgan fingerprint density at radius 2 is 2.47 bits per heavy atom. The van der Waals surface area contributed by atoms with Crippen LogP contribution in [0.3, 0.4) is 0 Å². The highest BCUT2D eigenvalue weighted by Crippen LogP contribution is 2.16. The molecule has 0 spiro atoms. The zero-order chi connectivity index (χ0) is 10.7. The Hall–Kier alpha value is -1.27. The first-order valence-corrected chi connectivity index (χ1v) is 5.61. The molecule has 1 atom stereocenters. The molecule has 5 nitrogen and oxygen atoms in total. The molecular formula is C9H13N5S. The second-order valence-corrected chi connectivity index (χ2v) is 4.08. The first-order chi connectivity index (χ1) is 7.31. The van der Waals surface area contributed by atoms with Gasteiger partial charge in [0.05, 0.1) is 11.1 Å². The lowest BCUT2D eigenvalue weighted by Crippen LogP contribution is -2.15. The molecule has 2 aromatic heterocycles. The molecule has 1 unspecified atom stereocenters. The van der Waals surface area contributed by atoms with Crippen LogP contribution in [0.1, 0.15) is 23.7 Å². The van der Waals surface area contributed by atoms with Crippen LogP contribution < -0.4 is 5.73 Å². The summed E-state index contributed by atoms with van der Waals surface area (Å²) in [5.41, 5.74) is 6.03. The zero-order valence-corrected chi connectivity index (χ0v) is 9.31. The van der Waals surface area contributed by atoms with E-state index < -0.39 is 0 Å². The highest BCUT2D eigenvalue weighted by molar-refractivity contribution is 7.05. The monoisotopic (exact) mass is 223 g/mol. The van der Waals surface area contributed by atoms with Crippen LogP contribution in [0.4, 0.5) is 0 Å². The molecule has 0 aromatic carbocycles. The zero-order valence-electron chi connectivity index (χ0n) is 8.50. The number of rotatable bonds is 4. The number of nitrogens with zero attached hydrogens (tertiary/aromatic N) is 4. The van der Waals surface area contributed by atoms with Gasteiger partial charge in [0.25, 0.3) is 0 Å². The summed E-state index contributed by atoms with van der Waals surface area (Å²) in [5, 5.41) is 3.78. The fourth-order valence-corrected chi connectivity index (χ4v) is 1.95. The predicted octanol–water partition coefficient (Wildman–Crippen LogP) is 0.997. The summed E-state index contributed by atoms with van der Waals surface area (Å²) < 4.78 is 5.89. The third kappa shape index (κ3) is 2.21. The average molecular weight is 223 g/mol. The molecule has 0 radical (unpaired) electrons. The van der Waals surface area contributed by atoms with E-state index in [4.69, 9.17) is 5.73 Å². The fourth-order valence-electron chi connectivity index (χ4n) is 1.45. The molecule has 2 N–H and O–H groups in total. The van der Waals surface area contributed by atoms with Crippen LogP contribution in [0.2, 0.25) is 0 Å². The summed E-state index contributed by atoms with van der Waals surface area (Å²) in [7, 11) is 0. The van der Waals surface area contributed by atoms with Crippen molar-refractivity contribution in [2.75, 3.05) is 0 Å². The fraction of sp³-hybridized carbons (Fsp3) is 0.444. The van der Waals surface area contributed by atoms with Gasteiger partial charge >= 0.3 is 0 Å². The van der Waals surface area contributed by atoms with Gasteiger partial charge < -0.3 is 10.3 Å². The summed E-state index contributed by atoms with van der Waals surface area (Å²) in [6, 6.07) is -0.0577. The van der Waals surface area contributed by atoms with Crippen molar-refractivity contribution in [3.63, 3.8) is 0 Å². The quantitative estimate of drug-likeness (QED) is 0.839. The number of hydrogen-bond acceptors (Lipinski definition) is 5. The maximum atomic E-state index is 6.03. The first-order valence-electron chi connectivity index (χ1n) is 4.84. The van der Waals surface area contributed by atoms with Crippen LogP contribution in [0, 0.1) is 0 Å². The van der Waals surface area contributed by atoms with E-state index in [-0.39, 0.29) is 6.04 Å². The second kappa shape index (κ2) is 4.50. The highest BCUT2D eigenvalue weighted by atomic mass is 32.1. The molecule has 0 aliphatic rings. The van der Waals surface area contributed by atoms with Crippen LogP contribution in [0.25, 0.3) is 0 Å². The Balaban J connectivity index is 2.09. The van der Waals surface area contributed by atoms with E-state index >= 15 is 0 Å². The molecule has 0 amide bonds. The van der Waals surface area contributed by atoms with Crippen molar-refractivity contribution in [2.45, 2.75) is 25.9 Å². The van der Waals surface area contributed by atoms with Gasteiger partial charge in [-0.25, -0.2) is 4.98 Å². The molecule has 2 heterocycles. The third-order valence-corrected chi connectivity index (χ3v) is 3.08. The van der Waals surface area contributed by atoms with Crippen molar-refractivity contribution in [1.29, 1.82) is 0 Å². The lowest BCUT2D eigenvalue weighted by atomic mass is 10.2.